The van der Waals surface area contributed by atoms with E-state index in [4.69, 9.17) is 0 Å². The summed E-state index contributed by atoms with van der Waals surface area (Å²) in [7, 11) is 1.78. The lowest BCUT2D eigenvalue weighted by atomic mass is 10.1. The number of guanidine groups is 1. The molecule has 0 aliphatic carbocycles. The molecule has 0 unspecified atom stereocenters. The Morgan fingerprint density at radius 2 is 1.74 bits per heavy atom. The lowest BCUT2D eigenvalue weighted by molar-refractivity contribution is -0.117. The summed E-state index contributed by atoms with van der Waals surface area (Å²) in [5, 5.41) is 6.69. The average molecular weight is 364 g/mol. The van der Waals surface area contributed by atoms with Crippen molar-refractivity contribution in [1.29, 1.82) is 0 Å². The molecule has 0 radical (unpaired) electrons. The number of anilines is 1. The van der Waals surface area contributed by atoms with E-state index < -0.39 is 0 Å². The maximum absolute atomic E-state index is 11.8. The first-order valence-corrected chi connectivity index (χ1v) is 9.55. The SMILES string of the molecule is CN=C(NCCc1ccc(C)cc1)NCc1ccc(N2CCCC2=O)cc1. The number of aliphatic imine (C=N–C) groups is 1. The predicted molar refractivity (Wildman–Crippen MR) is 111 cm³/mol. The van der Waals surface area contributed by atoms with E-state index in [9.17, 15) is 4.79 Å². The number of benzene rings is 2. The summed E-state index contributed by atoms with van der Waals surface area (Å²) in [6.07, 6.45) is 2.57. The molecule has 1 aliphatic rings. The Labute approximate surface area is 161 Å². The molecule has 27 heavy (non-hydrogen) atoms. The Morgan fingerprint density at radius 1 is 1.04 bits per heavy atom. The molecule has 2 aromatic carbocycles. The van der Waals surface area contributed by atoms with Crippen molar-refractivity contribution in [1.82, 2.24) is 10.6 Å². The summed E-state index contributed by atoms with van der Waals surface area (Å²) in [6, 6.07) is 16.8. The van der Waals surface area contributed by atoms with Crippen molar-refractivity contribution in [3.05, 3.63) is 65.2 Å². The molecule has 5 heteroatoms. The van der Waals surface area contributed by atoms with E-state index in [2.05, 4.69) is 58.9 Å². The van der Waals surface area contributed by atoms with Crippen molar-refractivity contribution in [3.63, 3.8) is 0 Å². The zero-order valence-electron chi connectivity index (χ0n) is 16.2. The third-order valence-corrected chi connectivity index (χ3v) is 4.83. The number of aryl methyl sites for hydroxylation is 1. The molecule has 5 nitrogen and oxygen atoms in total. The number of carbonyl (C=O) groups excluding carboxylic acids is 1. The molecular formula is C22H28N4O. The van der Waals surface area contributed by atoms with Gasteiger partial charge >= 0.3 is 0 Å². The van der Waals surface area contributed by atoms with Gasteiger partial charge in [-0.15, -0.1) is 0 Å². The van der Waals surface area contributed by atoms with Gasteiger partial charge in [-0.3, -0.25) is 9.79 Å². The van der Waals surface area contributed by atoms with E-state index in [0.717, 1.165) is 43.1 Å². The van der Waals surface area contributed by atoms with E-state index in [1.54, 1.807) is 7.05 Å². The first-order valence-electron chi connectivity index (χ1n) is 9.55. The topological polar surface area (TPSA) is 56.7 Å². The lowest BCUT2D eigenvalue weighted by Gasteiger charge is -2.16. The third kappa shape index (κ3) is 5.33. The Balaban J connectivity index is 1.44. The number of hydrogen-bond acceptors (Lipinski definition) is 2. The molecule has 2 aromatic rings. The maximum Gasteiger partial charge on any atom is 0.227 e. The van der Waals surface area contributed by atoms with Gasteiger partial charge in [-0.1, -0.05) is 42.0 Å². The van der Waals surface area contributed by atoms with Crippen LogP contribution in [0.5, 0.6) is 0 Å². The second kappa shape index (κ2) is 9.21. The van der Waals surface area contributed by atoms with Gasteiger partial charge in [-0.2, -0.15) is 0 Å². The molecule has 0 spiro atoms. The van der Waals surface area contributed by atoms with Crippen molar-refractivity contribution in [3.8, 4) is 0 Å². The lowest BCUT2D eigenvalue weighted by Crippen LogP contribution is -2.37. The van der Waals surface area contributed by atoms with Crippen LogP contribution in [0, 0.1) is 6.92 Å². The quantitative estimate of drug-likeness (QED) is 0.612. The van der Waals surface area contributed by atoms with Gasteiger partial charge < -0.3 is 15.5 Å². The number of rotatable bonds is 6. The van der Waals surface area contributed by atoms with Gasteiger partial charge in [0.15, 0.2) is 5.96 Å². The molecule has 2 N–H and O–H groups in total. The Bertz CT molecular complexity index is 781. The highest BCUT2D eigenvalue weighted by Gasteiger charge is 2.21. The van der Waals surface area contributed by atoms with Crippen LogP contribution in [-0.2, 0) is 17.8 Å². The highest BCUT2D eigenvalue weighted by atomic mass is 16.2. The molecule has 1 fully saturated rings. The second-order valence-corrected chi connectivity index (χ2v) is 6.90. The second-order valence-electron chi connectivity index (χ2n) is 6.90. The first-order chi connectivity index (χ1) is 13.2. The van der Waals surface area contributed by atoms with Crippen molar-refractivity contribution in [2.75, 3.05) is 25.0 Å². The molecule has 1 heterocycles. The molecule has 1 amide bonds. The van der Waals surface area contributed by atoms with Crippen LogP contribution in [0.2, 0.25) is 0 Å². The van der Waals surface area contributed by atoms with E-state index in [1.807, 2.05) is 17.0 Å². The molecule has 142 valence electrons. The van der Waals surface area contributed by atoms with Gasteiger partial charge in [0.1, 0.15) is 0 Å². The molecular weight excluding hydrogens is 336 g/mol. The highest BCUT2D eigenvalue weighted by Crippen LogP contribution is 2.21. The van der Waals surface area contributed by atoms with Crippen molar-refractivity contribution < 1.29 is 4.79 Å². The molecule has 0 saturated carbocycles. The fourth-order valence-electron chi connectivity index (χ4n) is 3.20. The van der Waals surface area contributed by atoms with E-state index in [-0.39, 0.29) is 5.91 Å². The molecule has 1 aliphatic heterocycles. The van der Waals surface area contributed by atoms with E-state index >= 15 is 0 Å². The van der Waals surface area contributed by atoms with Gasteiger partial charge in [0.05, 0.1) is 0 Å². The summed E-state index contributed by atoms with van der Waals surface area (Å²) >= 11 is 0. The third-order valence-electron chi connectivity index (χ3n) is 4.83. The molecule has 0 aromatic heterocycles. The Kier molecular flexibility index (Phi) is 6.47. The average Bonchev–Trinajstić information content (AvgIpc) is 3.12. The summed E-state index contributed by atoms with van der Waals surface area (Å²) < 4.78 is 0. The van der Waals surface area contributed by atoms with Crippen LogP contribution in [0.1, 0.15) is 29.5 Å². The van der Waals surface area contributed by atoms with Crippen molar-refractivity contribution in [2.24, 2.45) is 4.99 Å². The van der Waals surface area contributed by atoms with Gasteiger partial charge in [0, 0.05) is 38.8 Å². The summed E-state index contributed by atoms with van der Waals surface area (Å²) in [5.41, 5.74) is 4.74. The summed E-state index contributed by atoms with van der Waals surface area (Å²) in [5.74, 6) is 1.01. The normalized spacial score (nSPS) is 14.5. The molecule has 3 rings (SSSR count). The van der Waals surface area contributed by atoms with Crippen LogP contribution in [0.25, 0.3) is 0 Å². The number of nitrogens with zero attached hydrogens (tertiary/aromatic N) is 2. The van der Waals surface area contributed by atoms with E-state index in [1.165, 1.54) is 11.1 Å². The van der Waals surface area contributed by atoms with Crippen molar-refractivity contribution >= 4 is 17.6 Å². The summed E-state index contributed by atoms with van der Waals surface area (Å²) in [6.45, 7) is 4.45. The molecule has 1 saturated heterocycles. The van der Waals surface area contributed by atoms with Gasteiger partial charge in [-0.05, 0) is 43.0 Å². The van der Waals surface area contributed by atoms with Crippen LogP contribution in [0.15, 0.2) is 53.5 Å². The minimum Gasteiger partial charge on any atom is -0.356 e. The highest BCUT2D eigenvalue weighted by molar-refractivity contribution is 5.95. The van der Waals surface area contributed by atoms with Gasteiger partial charge in [0.25, 0.3) is 0 Å². The van der Waals surface area contributed by atoms with Crippen LogP contribution in [0.4, 0.5) is 5.69 Å². The monoisotopic (exact) mass is 364 g/mol. The smallest absolute Gasteiger partial charge is 0.227 e. The first kappa shape index (κ1) is 19.0. The molecule has 0 atom stereocenters. The number of nitrogens with one attached hydrogen (secondary N) is 2. The molecule has 0 bridgehead atoms. The number of hydrogen-bond donors (Lipinski definition) is 2. The number of amides is 1. The number of carbonyl (C=O) groups is 1. The van der Waals surface area contributed by atoms with E-state index in [0.29, 0.717) is 13.0 Å². The van der Waals surface area contributed by atoms with Crippen LogP contribution >= 0.6 is 0 Å². The standard InChI is InChI=1S/C22H28N4O/c1-17-5-7-18(8-6-17)13-14-24-22(23-2)25-16-19-9-11-20(12-10-19)26-15-3-4-21(26)27/h5-12H,3-4,13-16H2,1-2H3,(H2,23,24,25). The largest absolute Gasteiger partial charge is 0.356 e. The van der Waals surface area contributed by atoms with Crippen LogP contribution in [-0.4, -0.2) is 32.0 Å². The Morgan fingerprint density at radius 3 is 2.37 bits per heavy atom. The minimum absolute atomic E-state index is 0.221. The zero-order valence-corrected chi connectivity index (χ0v) is 16.2. The zero-order chi connectivity index (χ0) is 19.1. The van der Waals surface area contributed by atoms with Gasteiger partial charge in [0.2, 0.25) is 5.91 Å². The minimum atomic E-state index is 0.221. The van der Waals surface area contributed by atoms with Gasteiger partial charge in [-0.25, -0.2) is 0 Å². The van der Waals surface area contributed by atoms with Crippen LogP contribution in [0.3, 0.4) is 0 Å². The fourth-order valence-corrected chi connectivity index (χ4v) is 3.20. The maximum atomic E-state index is 11.8. The van der Waals surface area contributed by atoms with Crippen LogP contribution < -0.4 is 15.5 Å². The fraction of sp³-hybridized carbons (Fsp3) is 0.364. The predicted octanol–water partition coefficient (Wildman–Crippen LogP) is 3.03. The Hall–Kier alpha value is -2.82. The summed E-state index contributed by atoms with van der Waals surface area (Å²) in [4.78, 5) is 18.0. The van der Waals surface area contributed by atoms with Crippen molar-refractivity contribution in [2.45, 2.75) is 32.7 Å².